The van der Waals surface area contributed by atoms with E-state index in [1.54, 1.807) is 0 Å². The molecule has 0 radical (unpaired) electrons. The van der Waals surface area contributed by atoms with Gasteiger partial charge in [-0.2, -0.15) is 0 Å². The van der Waals surface area contributed by atoms with Crippen LogP contribution in [-0.2, 0) is 4.74 Å². The van der Waals surface area contributed by atoms with Gasteiger partial charge >= 0.3 is 0 Å². The fraction of sp³-hybridized carbons (Fsp3) is 0.714. The summed E-state index contributed by atoms with van der Waals surface area (Å²) >= 11 is 0. The molecule has 2 atom stereocenters. The molecule has 2 rings (SSSR count). The topological polar surface area (TPSA) is 73.1 Å². The molecule has 1 aliphatic heterocycles. The van der Waals surface area contributed by atoms with Crippen molar-refractivity contribution >= 4 is 11.6 Å². The highest BCUT2D eigenvalue weighted by Crippen LogP contribution is 2.24. The third kappa shape index (κ3) is 3.35. The van der Waals surface area contributed by atoms with E-state index in [0.29, 0.717) is 18.0 Å². The molecule has 2 heterocycles. The molecule has 1 aliphatic rings. The first kappa shape index (κ1) is 14.1. The summed E-state index contributed by atoms with van der Waals surface area (Å²) < 4.78 is 5.56. The predicted molar refractivity (Wildman–Crippen MR) is 77.3 cm³/mol. The van der Waals surface area contributed by atoms with Gasteiger partial charge in [0.05, 0.1) is 6.10 Å². The van der Waals surface area contributed by atoms with E-state index in [2.05, 4.69) is 36.1 Å². The highest BCUT2D eigenvalue weighted by atomic mass is 16.5. The molecule has 5 heteroatoms. The van der Waals surface area contributed by atoms with Crippen molar-refractivity contribution < 1.29 is 4.74 Å². The molecule has 1 saturated heterocycles. The van der Waals surface area contributed by atoms with E-state index in [1.807, 2.05) is 6.92 Å². The van der Waals surface area contributed by atoms with Crippen molar-refractivity contribution in [2.45, 2.75) is 58.6 Å². The Kier molecular flexibility index (Phi) is 4.24. The van der Waals surface area contributed by atoms with Gasteiger partial charge in [0.15, 0.2) is 0 Å². The molecule has 5 nitrogen and oxygen atoms in total. The minimum absolute atomic E-state index is 0.275. The number of hydrogen-bond acceptors (Lipinski definition) is 5. The minimum Gasteiger partial charge on any atom is -0.383 e. The van der Waals surface area contributed by atoms with Gasteiger partial charge in [0.2, 0.25) is 0 Å². The van der Waals surface area contributed by atoms with Crippen molar-refractivity contribution in [2.75, 3.05) is 17.7 Å². The van der Waals surface area contributed by atoms with Gasteiger partial charge in [0.25, 0.3) is 0 Å². The van der Waals surface area contributed by atoms with Crippen molar-refractivity contribution in [1.82, 2.24) is 9.97 Å². The first-order valence-electron chi connectivity index (χ1n) is 6.99. The fourth-order valence-electron chi connectivity index (χ4n) is 2.27. The second-order valence-corrected chi connectivity index (χ2v) is 5.64. The third-order valence-corrected chi connectivity index (χ3v) is 3.54. The Hall–Kier alpha value is -1.36. The molecule has 0 saturated carbocycles. The first-order chi connectivity index (χ1) is 8.97. The van der Waals surface area contributed by atoms with Crippen LogP contribution in [0.4, 0.5) is 11.6 Å². The lowest BCUT2D eigenvalue weighted by Gasteiger charge is -2.29. The van der Waals surface area contributed by atoms with Crippen LogP contribution in [-0.4, -0.2) is 28.7 Å². The fourth-order valence-corrected chi connectivity index (χ4v) is 2.27. The van der Waals surface area contributed by atoms with Crippen LogP contribution in [0.1, 0.15) is 50.9 Å². The Morgan fingerprint density at radius 1 is 1.37 bits per heavy atom. The predicted octanol–water partition coefficient (Wildman–Crippen LogP) is 2.47. The molecule has 1 aromatic heterocycles. The van der Waals surface area contributed by atoms with Crippen LogP contribution < -0.4 is 11.1 Å². The maximum Gasteiger partial charge on any atom is 0.135 e. The zero-order chi connectivity index (χ0) is 14.0. The van der Waals surface area contributed by atoms with Gasteiger partial charge in [-0.05, 0) is 26.7 Å². The smallest absolute Gasteiger partial charge is 0.135 e. The van der Waals surface area contributed by atoms with Gasteiger partial charge in [0.1, 0.15) is 17.5 Å². The van der Waals surface area contributed by atoms with Gasteiger partial charge in [-0.3, -0.25) is 0 Å². The Labute approximate surface area is 115 Å². The van der Waals surface area contributed by atoms with Gasteiger partial charge < -0.3 is 15.8 Å². The van der Waals surface area contributed by atoms with E-state index in [4.69, 9.17) is 10.5 Å². The highest BCUT2D eigenvalue weighted by Gasteiger charge is 2.21. The molecular formula is C14H24N4O. The SMILES string of the molecule is Cc1c(N)nc(C(C)C)nc1NC1CCOC(C)C1. The molecule has 0 bridgehead atoms. The highest BCUT2D eigenvalue weighted by molar-refractivity contribution is 5.55. The molecule has 0 aromatic carbocycles. The number of ether oxygens (including phenoxy) is 1. The molecule has 19 heavy (non-hydrogen) atoms. The standard InChI is InChI=1S/C14H24N4O/c1-8(2)13-17-12(15)10(4)14(18-13)16-11-5-6-19-9(3)7-11/h8-9,11H,5-7H2,1-4H3,(H3,15,16,17,18). The van der Waals surface area contributed by atoms with Crippen molar-refractivity contribution in [1.29, 1.82) is 0 Å². The quantitative estimate of drug-likeness (QED) is 0.877. The molecule has 0 spiro atoms. The average molecular weight is 264 g/mol. The van der Waals surface area contributed by atoms with E-state index in [1.165, 1.54) is 0 Å². The van der Waals surface area contributed by atoms with Crippen LogP contribution in [0.2, 0.25) is 0 Å². The first-order valence-corrected chi connectivity index (χ1v) is 6.99. The zero-order valence-electron chi connectivity index (χ0n) is 12.2. The Morgan fingerprint density at radius 3 is 2.74 bits per heavy atom. The number of aromatic nitrogens is 2. The normalized spacial score (nSPS) is 23.6. The summed E-state index contributed by atoms with van der Waals surface area (Å²) in [5.74, 6) is 2.51. The molecular weight excluding hydrogens is 240 g/mol. The van der Waals surface area contributed by atoms with Crippen LogP contribution in [0.5, 0.6) is 0 Å². The summed E-state index contributed by atoms with van der Waals surface area (Å²) in [5.41, 5.74) is 6.91. The van der Waals surface area contributed by atoms with Gasteiger partial charge in [0, 0.05) is 24.1 Å². The van der Waals surface area contributed by atoms with Gasteiger partial charge in [-0.25, -0.2) is 9.97 Å². The zero-order valence-corrected chi connectivity index (χ0v) is 12.2. The molecule has 106 valence electrons. The Morgan fingerprint density at radius 2 is 2.11 bits per heavy atom. The lowest BCUT2D eigenvalue weighted by molar-refractivity contribution is 0.0231. The molecule has 1 aromatic rings. The maximum atomic E-state index is 5.98. The average Bonchev–Trinajstić information content (AvgIpc) is 2.34. The van der Waals surface area contributed by atoms with E-state index >= 15 is 0 Å². The minimum atomic E-state index is 0.275. The van der Waals surface area contributed by atoms with E-state index in [9.17, 15) is 0 Å². The lowest BCUT2D eigenvalue weighted by atomic mass is 10.0. The van der Waals surface area contributed by atoms with Crippen molar-refractivity contribution in [3.63, 3.8) is 0 Å². The molecule has 0 aliphatic carbocycles. The van der Waals surface area contributed by atoms with Gasteiger partial charge in [-0.1, -0.05) is 13.8 Å². The summed E-state index contributed by atoms with van der Waals surface area (Å²) in [6, 6.07) is 0.400. The summed E-state index contributed by atoms with van der Waals surface area (Å²) in [6.07, 6.45) is 2.31. The number of hydrogen-bond donors (Lipinski definition) is 2. The molecule has 0 amide bonds. The van der Waals surface area contributed by atoms with Crippen LogP contribution in [0, 0.1) is 6.92 Å². The molecule has 3 N–H and O–H groups in total. The second-order valence-electron chi connectivity index (χ2n) is 5.64. The maximum absolute atomic E-state index is 5.98. The summed E-state index contributed by atoms with van der Waals surface area (Å²) in [5, 5.41) is 3.50. The second kappa shape index (κ2) is 5.74. The van der Waals surface area contributed by atoms with Crippen molar-refractivity contribution in [2.24, 2.45) is 0 Å². The van der Waals surface area contributed by atoms with Crippen LogP contribution in [0.25, 0.3) is 0 Å². The number of anilines is 2. The van der Waals surface area contributed by atoms with Crippen molar-refractivity contribution in [3.05, 3.63) is 11.4 Å². The van der Waals surface area contributed by atoms with Crippen LogP contribution >= 0.6 is 0 Å². The van der Waals surface area contributed by atoms with Gasteiger partial charge in [-0.15, -0.1) is 0 Å². The lowest BCUT2D eigenvalue weighted by Crippen LogP contribution is -2.33. The summed E-state index contributed by atoms with van der Waals surface area (Å²) in [4.78, 5) is 8.95. The van der Waals surface area contributed by atoms with E-state index < -0.39 is 0 Å². The summed E-state index contributed by atoms with van der Waals surface area (Å²) in [7, 11) is 0. The van der Waals surface area contributed by atoms with Crippen LogP contribution in [0.3, 0.4) is 0 Å². The Bertz CT molecular complexity index is 447. The number of nitrogens with two attached hydrogens (primary N) is 1. The third-order valence-electron chi connectivity index (χ3n) is 3.54. The Balaban J connectivity index is 2.19. The monoisotopic (exact) mass is 264 g/mol. The number of rotatable bonds is 3. The number of nitrogen functional groups attached to an aromatic ring is 1. The van der Waals surface area contributed by atoms with E-state index in [0.717, 1.165) is 36.7 Å². The molecule has 2 unspecified atom stereocenters. The number of nitrogens with zero attached hydrogens (tertiary/aromatic N) is 2. The largest absolute Gasteiger partial charge is 0.383 e. The van der Waals surface area contributed by atoms with E-state index in [-0.39, 0.29) is 5.92 Å². The van der Waals surface area contributed by atoms with Crippen LogP contribution in [0.15, 0.2) is 0 Å². The van der Waals surface area contributed by atoms with Crippen molar-refractivity contribution in [3.8, 4) is 0 Å². The number of nitrogens with one attached hydrogen (secondary N) is 1. The molecule has 1 fully saturated rings. The summed E-state index contributed by atoms with van der Waals surface area (Å²) in [6.45, 7) is 9.02.